The summed E-state index contributed by atoms with van der Waals surface area (Å²) in [6.07, 6.45) is -0.0744. The van der Waals surface area contributed by atoms with Gasteiger partial charge >= 0.3 is 6.30 Å². The van der Waals surface area contributed by atoms with E-state index in [0.717, 1.165) is 11.8 Å². The summed E-state index contributed by atoms with van der Waals surface area (Å²) in [6.45, 7) is 1.20. The number of nitrogens with zero attached hydrogens (tertiary/aromatic N) is 4. The van der Waals surface area contributed by atoms with E-state index in [0.29, 0.717) is 17.3 Å². The first-order valence-electron chi connectivity index (χ1n) is 11.0. The van der Waals surface area contributed by atoms with Crippen LogP contribution in [0.3, 0.4) is 0 Å². The molecule has 0 fully saturated rings. The van der Waals surface area contributed by atoms with Gasteiger partial charge in [0.2, 0.25) is 0 Å². The van der Waals surface area contributed by atoms with Crippen LogP contribution < -0.4 is 16.4 Å². The summed E-state index contributed by atoms with van der Waals surface area (Å²) in [7, 11) is 3.08. The summed E-state index contributed by atoms with van der Waals surface area (Å²) < 4.78 is 58.4. The Bertz CT molecular complexity index is 1600. The van der Waals surface area contributed by atoms with Crippen molar-refractivity contribution in [1.29, 1.82) is 0 Å². The first-order valence-corrected chi connectivity index (χ1v) is 11.0. The van der Waals surface area contributed by atoms with Crippen LogP contribution in [-0.4, -0.2) is 18.9 Å². The van der Waals surface area contributed by atoms with E-state index in [2.05, 4.69) is 10.4 Å². The number of aryl methyl sites for hydroxylation is 2. The topological polar surface area (TPSA) is 73.8 Å². The first-order chi connectivity index (χ1) is 16.9. The van der Waals surface area contributed by atoms with Gasteiger partial charge in [0, 0.05) is 61.0 Å². The number of alkyl halides is 4. The number of nitrogens with one attached hydrogen (secondary N) is 1. The molecule has 2 unspecified atom stereocenters. The maximum atomic E-state index is 16.6. The van der Waals surface area contributed by atoms with Crippen LogP contribution in [0.2, 0.25) is 0 Å². The summed E-state index contributed by atoms with van der Waals surface area (Å²) in [5.41, 5.74) is -1.32. The highest BCUT2D eigenvalue weighted by Gasteiger charge is 2.49. The lowest BCUT2D eigenvalue weighted by Crippen LogP contribution is -2.24. The Morgan fingerprint density at radius 2 is 1.64 bits per heavy atom. The Morgan fingerprint density at radius 1 is 0.972 bits per heavy atom. The first kappa shape index (κ1) is 23.6. The molecule has 0 amide bonds. The minimum atomic E-state index is -4.77. The van der Waals surface area contributed by atoms with Crippen LogP contribution in [0.25, 0.3) is 22.3 Å². The van der Waals surface area contributed by atoms with Gasteiger partial charge in [-0.3, -0.25) is 9.59 Å². The molecule has 0 bridgehead atoms. The summed E-state index contributed by atoms with van der Waals surface area (Å²) >= 11 is 0. The molecule has 1 N–H and O–H groups in total. The predicted molar refractivity (Wildman–Crippen MR) is 126 cm³/mol. The van der Waals surface area contributed by atoms with Gasteiger partial charge in [0.25, 0.3) is 11.1 Å². The molecule has 3 aromatic heterocycles. The van der Waals surface area contributed by atoms with Gasteiger partial charge in [0.1, 0.15) is 5.69 Å². The average Bonchev–Trinajstić information content (AvgIpc) is 3.41. The average molecular weight is 499 g/mol. The molecule has 7 nitrogen and oxygen atoms in total. The Labute approximate surface area is 202 Å². The van der Waals surface area contributed by atoms with Crippen LogP contribution in [0, 0.1) is 0 Å². The number of halogens is 4. The summed E-state index contributed by atoms with van der Waals surface area (Å²) in [5, 5.41) is 6.11. The smallest absolute Gasteiger partial charge is 0.370 e. The van der Waals surface area contributed by atoms with Gasteiger partial charge in [-0.15, -0.1) is 13.2 Å². The third-order valence-electron chi connectivity index (χ3n) is 6.49. The lowest BCUT2D eigenvalue weighted by molar-refractivity contribution is -0.212. The molecular weight excluding hydrogens is 478 g/mol. The second kappa shape index (κ2) is 7.94. The molecule has 1 aliphatic heterocycles. The van der Waals surface area contributed by atoms with Crippen LogP contribution in [0.15, 0.2) is 70.8 Å². The summed E-state index contributed by atoms with van der Waals surface area (Å²) in [5.74, 6) is 0. The molecule has 0 saturated carbocycles. The molecule has 1 aliphatic rings. The van der Waals surface area contributed by atoms with E-state index in [9.17, 15) is 22.8 Å². The van der Waals surface area contributed by atoms with Crippen molar-refractivity contribution in [2.75, 3.05) is 5.32 Å². The molecule has 0 aliphatic carbocycles. The zero-order valence-electron chi connectivity index (χ0n) is 19.5. The van der Waals surface area contributed by atoms with Crippen molar-refractivity contribution in [3.8, 4) is 22.3 Å². The van der Waals surface area contributed by atoms with Gasteiger partial charge < -0.3 is 14.5 Å². The van der Waals surface area contributed by atoms with Crippen molar-refractivity contribution < 1.29 is 17.6 Å². The molecular formula is C25H21F4N5O2. The zero-order chi connectivity index (χ0) is 26.0. The molecule has 5 rings (SSSR count). The molecule has 2 atom stereocenters. The molecule has 36 heavy (non-hydrogen) atoms. The van der Waals surface area contributed by atoms with Crippen molar-refractivity contribution in [3.63, 3.8) is 0 Å². The molecule has 4 heterocycles. The number of anilines is 1. The van der Waals surface area contributed by atoms with E-state index in [1.807, 2.05) is 30.3 Å². The van der Waals surface area contributed by atoms with Gasteiger partial charge in [-0.25, -0.2) is 4.39 Å². The molecule has 1 aromatic carbocycles. The molecule has 4 aromatic rings. The van der Waals surface area contributed by atoms with Crippen molar-refractivity contribution in [2.24, 2.45) is 14.1 Å². The number of hydrogen-bond acceptors (Lipinski definition) is 4. The van der Waals surface area contributed by atoms with E-state index in [-0.39, 0.29) is 32.6 Å². The Hall–Kier alpha value is -4.15. The highest BCUT2D eigenvalue weighted by atomic mass is 19.4. The van der Waals surface area contributed by atoms with E-state index in [1.165, 1.54) is 35.4 Å². The van der Waals surface area contributed by atoms with Crippen LogP contribution in [-0.2, 0) is 26.1 Å². The third kappa shape index (κ3) is 3.62. The monoisotopic (exact) mass is 499 g/mol. The molecule has 0 radical (unpaired) electrons. The number of rotatable bonds is 3. The third-order valence-corrected chi connectivity index (χ3v) is 6.49. The van der Waals surface area contributed by atoms with E-state index >= 15 is 4.39 Å². The normalized spacial score (nSPS) is 19.2. The zero-order valence-corrected chi connectivity index (χ0v) is 19.5. The number of benzene rings is 1. The second-order valence-corrected chi connectivity index (χ2v) is 8.96. The number of hydrogen-bond donors (Lipinski definition) is 1. The quantitative estimate of drug-likeness (QED) is 0.423. The highest BCUT2D eigenvalue weighted by molar-refractivity contribution is 5.87. The van der Waals surface area contributed by atoms with E-state index < -0.39 is 23.6 Å². The van der Waals surface area contributed by atoms with Gasteiger partial charge in [-0.1, -0.05) is 30.3 Å². The Morgan fingerprint density at radius 3 is 2.28 bits per heavy atom. The fourth-order valence-corrected chi connectivity index (χ4v) is 4.73. The lowest BCUT2D eigenvalue weighted by Gasteiger charge is -2.25. The SMILES string of the molecule is Cn1cc(-c2ccccc2)c(-c2cn(C)c(=O)c3c2C(C)(F)C(c2cnn(C(F)(F)F)c2)N3)cc1=O. The van der Waals surface area contributed by atoms with Crippen LogP contribution in [0.1, 0.15) is 24.1 Å². The highest BCUT2D eigenvalue weighted by Crippen LogP contribution is 2.52. The number of pyridine rings is 2. The summed E-state index contributed by atoms with van der Waals surface area (Å²) in [4.78, 5) is 25.7. The minimum absolute atomic E-state index is 0.0270. The molecule has 186 valence electrons. The molecule has 0 spiro atoms. The lowest BCUT2D eigenvalue weighted by atomic mass is 9.84. The fourth-order valence-electron chi connectivity index (χ4n) is 4.73. The van der Waals surface area contributed by atoms with Crippen LogP contribution >= 0.6 is 0 Å². The second-order valence-electron chi connectivity index (χ2n) is 8.96. The van der Waals surface area contributed by atoms with Crippen LogP contribution in [0.4, 0.5) is 23.2 Å². The predicted octanol–water partition coefficient (Wildman–Crippen LogP) is 4.44. The standard InChI is InChI=1S/C25H21F4N5O2/c1-24(26)20-18(16-9-19(35)32(2)12-17(16)14-7-5-4-6-8-14)13-33(3)23(36)21(20)31-22(24)15-10-30-34(11-15)25(27,28)29/h4-13,22,31H,1-3H3. The van der Waals surface area contributed by atoms with Crippen molar-refractivity contribution in [2.45, 2.75) is 24.9 Å². The summed E-state index contributed by atoms with van der Waals surface area (Å²) in [6, 6.07) is 9.22. The van der Waals surface area contributed by atoms with Gasteiger partial charge in [0.05, 0.1) is 12.2 Å². The van der Waals surface area contributed by atoms with Gasteiger partial charge in [-0.2, -0.15) is 9.78 Å². The van der Waals surface area contributed by atoms with Crippen LogP contribution in [0.5, 0.6) is 0 Å². The van der Waals surface area contributed by atoms with Crippen molar-refractivity contribution >= 4 is 5.69 Å². The number of fused-ring (bicyclic) bond motifs is 1. The van der Waals surface area contributed by atoms with E-state index in [4.69, 9.17) is 0 Å². The number of aromatic nitrogens is 4. The van der Waals surface area contributed by atoms with Crippen molar-refractivity contribution in [3.05, 3.63) is 93.0 Å². The molecule has 0 saturated heterocycles. The molecule has 11 heteroatoms. The Balaban J connectivity index is 1.76. The maximum absolute atomic E-state index is 16.6. The van der Waals surface area contributed by atoms with Crippen molar-refractivity contribution in [1.82, 2.24) is 18.9 Å². The Kier molecular flexibility index (Phi) is 5.20. The van der Waals surface area contributed by atoms with E-state index in [1.54, 1.807) is 13.2 Å². The van der Waals surface area contributed by atoms with Gasteiger partial charge in [0.15, 0.2) is 5.67 Å². The fraction of sp³-hybridized carbons (Fsp3) is 0.240. The minimum Gasteiger partial charge on any atom is -0.370 e. The maximum Gasteiger partial charge on any atom is 0.504 e. The largest absolute Gasteiger partial charge is 0.504 e. The van der Waals surface area contributed by atoms with Gasteiger partial charge in [-0.05, 0) is 18.1 Å².